The Morgan fingerprint density at radius 2 is 2.36 bits per heavy atom. The molecule has 0 aliphatic carbocycles. The first-order valence-electron chi connectivity index (χ1n) is 3.15. The molecule has 1 heterocycles. The quantitative estimate of drug-likeness (QED) is 0.476. The van der Waals surface area contributed by atoms with Crippen molar-refractivity contribution < 1.29 is 21.9 Å². The zero-order valence-corrected chi connectivity index (χ0v) is 6.91. The monoisotopic (exact) mass is 187 g/mol. The summed E-state index contributed by atoms with van der Waals surface area (Å²) in [6.45, 7) is 0. The van der Waals surface area contributed by atoms with Gasteiger partial charge < -0.3 is 5.32 Å². The van der Waals surface area contributed by atoms with Gasteiger partial charge in [0.25, 0.3) is 0 Å². The second kappa shape index (κ2) is 3.07. The fourth-order valence-electron chi connectivity index (χ4n) is 1.10. The molecule has 0 aromatic heterocycles. The number of carbonyl (C=O) groups excluding carboxylic acids is 1. The van der Waals surface area contributed by atoms with Gasteiger partial charge in [-0.3, -0.25) is 4.79 Å². The molecule has 3 heteroatoms. The summed E-state index contributed by atoms with van der Waals surface area (Å²) in [7, 11) is 0. The Morgan fingerprint density at radius 1 is 1.55 bits per heavy atom. The third kappa shape index (κ3) is 1.44. The maximum absolute atomic E-state index is 10.8. The molecule has 0 saturated heterocycles. The molecule has 0 fully saturated rings. The number of anilines is 1. The van der Waals surface area contributed by atoms with Crippen LogP contribution in [0.4, 0.5) is 5.69 Å². The number of amides is 1. The Balaban J connectivity index is 0.000000605. The van der Waals surface area contributed by atoms with Gasteiger partial charge in [-0.15, -0.1) is 11.6 Å². The van der Waals surface area contributed by atoms with E-state index >= 15 is 0 Å². The van der Waals surface area contributed by atoms with Crippen LogP contribution in [0, 0.1) is 6.07 Å². The topological polar surface area (TPSA) is 29.1 Å². The van der Waals surface area contributed by atoms with Gasteiger partial charge in [0.05, 0.1) is 0 Å². The van der Waals surface area contributed by atoms with Crippen LogP contribution < -0.4 is 5.32 Å². The number of rotatable bonds is 0. The van der Waals surface area contributed by atoms with Gasteiger partial charge in [-0.1, -0.05) is 5.69 Å². The Hall–Kier alpha value is -0.791. The summed E-state index contributed by atoms with van der Waals surface area (Å²) >= 11 is 0. The van der Waals surface area contributed by atoms with Crippen LogP contribution in [-0.4, -0.2) is 5.91 Å². The molecule has 1 N–H and O–H groups in total. The van der Waals surface area contributed by atoms with Gasteiger partial charge >= 0.3 is 0 Å². The van der Waals surface area contributed by atoms with Gasteiger partial charge in [-0.05, 0) is 0 Å². The smallest absolute Gasteiger partial charge is 0.215 e. The summed E-state index contributed by atoms with van der Waals surface area (Å²) in [4.78, 5) is 10.8. The van der Waals surface area contributed by atoms with Gasteiger partial charge in [-0.2, -0.15) is 18.2 Å². The van der Waals surface area contributed by atoms with E-state index < -0.39 is 0 Å². The van der Waals surface area contributed by atoms with E-state index in [9.17, 15) is 4.79 Å². The summed E-state index contributed by atoms with van der Waals surface area (Å²) in [6.07, 6.45) is 0.507. The molecule has 11 heavy (non-hydrogen) atoms. The van der Waals surface area contributed by atoms with Crippen LogP contribution >= 0.6 is 0 Å². The van der Waals surface area contributed by atoms with Crippen LogP contribution in [0.15, 0.2) is 18.2 Å². The number of hydrogen-bond donors (Lipinski definition) is 1. The summed E-state index contributed by atoms with van der Waals surface area (Å²) in [5.41, 5.74) is 1.98. The second-order valence-electron chi connectivity index (χ2n) is 2.31. The van der Waals surface area contributed by atoms with Crippen molar-refractivity contribution in [2.75, 3.05) is 5.32 Å². The summed E-state index contributed by atoms with van der Waals surface area (Å²) in [5, 5.41) is 2.74. The van der Waals surface area contributed by atoms with Crippen LogP contribution in [0.5, 0.6) is 0 Å². The van der Waals surface area contributed by atoms with E-state index in [0.717, 1.165) is 11.3 Å². The largest absolute Gasteiger partial charge is 0.350 e. The van der Waals surface area contributed by atoms with Crippen molar-refractivity contribution in [2.45, 2.75) is 6.42 Å². The Bertz CT molecular complexity index is 258. The molecular weight excluding hydrogens is 181 g/mol. The minimum Gasteiger partial charge on any atom is -0.350 e. The molecule has 0 saturated carbocycles. The molecule has 1 radical (unpaired) electrons. The molecule has 1 aromatic rings. The maximum Gasteiger partial charge on any atom is 0.215 e. The summed E-state index contributed by atoms with van der Waals surface area (Å²) in [6, 6.07) is 8.42. The Kier molecular flexibility index (Phi) is 2.32. The van der Waals surface area contributed by atoms with Crippen molar-refractivity contribution in [2.24, 2.45) is 0 Å². The van der Waals surface area contributed by atoms with Crippen LogP contribution in [0.25, 0.3) is 0 Å². The van der Waals surface area contributed by atoms with Gasteiger partial charge in [-0.25, -0.2) is 0 Å². The van der Waals surface area contributed by atoms with Crippen molar-refractivity contribution in [3.63, 3.8) is 0 Å². The third-order valence-corrected chi connectivity index (χ3v) is 1.57. The second-order valence-corrected chi connectivity index (χ2v) is 2.31. The molecule has 57 valence electrons. The average Bonchev–Trinajstić information content (AvgIpc) is 2.27. The fraction of sp³-hybridized carbons (Fsp3) is 0.125. The fourth-order valence-corrected chi connectivity index (χ4v) is 1.10. The first-order chi connectivity index (χ1) is 4.86. The van der Waals surface area contributed by atoms with E-state index in [1.165, 1.54) is 0 Å². The molecule has 1 amide bonds. The molecule has 2 rings (SSSR count). The predicted octanol–water partition coefficient (Wildman–Crippen LogP) is 0.979. The zero-order chi connectivity index (χ0) is 6.97. The van der Waals surface area contributed by atoms with Crippen molar-refractivity contribution in [3.05, 3.63) is 29.8 Å². The van der Waals surface area contributed by atoms with Crippen LogP contribution in [0.1, 0.15) is 5.56 Å². The van der Waals surface area contributed by atoms with Crippen LogP contribution in [0.2, 0.25) is 0 Å². The maximum atomic E-state index is 10.8. The number of fused-ring (bicyclic) bond motifs is 1. The number of carbonyl (C=O) groups is 1. The van der Waals surface area contributed by atoms with E-state index in [-0.39, 0.29) is 23.0 Å². The minimum atomic E-state index is 0. The normalized spacial score (nSPS) is 13.3. The predicted molar refractivity (Wildman–Crippen MR) is 37.6 cm³/mol. The molecule has 0 unspecified atom stereocenters. The van der Waals surface area contributed by atoms with Crippen molar-refractivity contribution in [1.29, 1.82) is 0 Å². The molecule has 1 aromatic carbocycles. The molecule has 1 aliphatic rings. The molecule has 1 aliphatic heterocycles. The van der Waals surface area contributed by atoms with E-state index in [1.807, 2.05) is 12.1 Å². The molecule has 0 bridgehead atoms. The van der Waals surface area contributed by atoms with E-state index in [4.69, 9.17) is 0 Å². The number of hydrogen-bond acceptors (Lipinski definition) is 1. The van der Waals surface area contributed by atoms with Crippen molar-refractivity contribution in [3.8, 4) is 0 Å². The standard InChI is InChI=1S/C8H6NO.Mn/c10-8-5-6-3-1-2-4-7(6)9-8;/h2-4H,5H2,(H,9,10);/q-1;. The Morgan fingerprint density at radius 3 is 3.09 bits per heavy atom. The first kappa shape index (κ1) is 8.31. The summed E-state index contributed by atoms with van der Waals surface area (Å²) in [5.74, 6) is 0.0783. The molecular formula is C8H6MnNO-. The Labute approximate surface area is 75.5 Å². The van der Waals surface area contributed by atoms with E-state index in [0.29, 0.717) is 6.42 Å². The first-order valence-corrected chi connectivity index (χ1v) is 3.15. The summed E-state index contributed by atoms with van der Waals surface area (Å²) < 4.78 is 0. The van der Waals surface area contributed by atoms with E-state index in [2.05, 4.69) is 11.4 Å². The number of nitrogens with one attached hydrogen (secondary N) is 1. The molecule has 0 atom stereocenters. The minimum absolute atomic E-state index is 0. The average molecular weight is 187 g/mol. The SMILES string of the molecule is O=C1Cc2c[c-]ccc2N1.[Mn]. The van der Waals surface area contributed by atoms with Gasteiger partial charge in [0.1, 0.15) is 0 Å². The van der Waals surface area contributed by atoms with Crippen molar-refractivity contribution >= 4 is 11.6 Å². The van der Waals surface area contributed by atoms with Crippen LogP contribution in [0.3, 0.4) is 0 Å². The molecule has 0 spiro atoms. The van der Waals surface area contributed by atoms with E-state index in [1.54, 1.807) is 6.07 Å². The van der Waals surface area contributed by atoms with Gasteiger partial charge in [0, 0.05) is 23.5 Å². The van der Waals surface area contributed by atoms with Gasteiger partial charge in [0.15, 0.2) is 0 Å². The number of benzene rings is 1. The third-order valence-electron chi connectivity index (χ3n) is 1.57. The van der Waals surface area contributed by atoms with Gasteiger partial charge in [0.2, 0.25) is 5.91 Å². The van der Waals surface area contributed by atoms with Crippen molar-refractivity contribution in [1.82, 2.24) is 0 Å². The van der Waals surface area contributed by atoms with Crippen LogP contribution in [-0.2, 0) is 28.3 Å². The molecule has 2 nitrogen and oxygen atoms in total. The zero-order valence-electron chi connectivity index (χ0n) is 5.73.